The topological polar surface area (TPSA) is 78.4 Å². The molecule has 0 aromatic carbocycles. The highest BCUT2D eigenvalue weighted by atomic mass is 32.1. The molecule has 1 aromatic heterocycles. The van der Waals surface area contributed by atoms with Gasteiger partial charge in [-0.15, -0.1) is 0 Å². The van der Waals surface area contributed by atoms with Crippen LogP contribution in [0.5, 0.6) is 0 Å². The molecule has 2 rings (SSSR count). The summed E-state index contributed by atoms with van der Waals surface area (Å²) < 4.78 is 0. The van der Waals surface area contributed by atoms with E-state index < -0.39 is 11.4 Å². The Morgan fingerprint density at radius 2 is 1.95 bits per heavy atom. The normalized spacial score (nSPS) is 17.2. The zero-order chi connectivity index (χ0) is 15.3. The number of rotatable bonds is 5. The second-order valence-corrected chi connectivity index (χ2v) is 6.51. The molecule has 5 nitrogen and oxygen atoms in total. The summed E-state index contributed by atoms with van der Waals surface area (Å²) in [7, 11) is 0. The van der Waals surface area contributed by atoms with Crippen LogP contribution >= 0.6 is 11.3 Å². The van der Waals surface area contributed by atoms with Gasteiger partial charge in [0.25, 0.3) is 0 Å². The van der Waals surface area contributed by atoms with Gasteiger partial charge in [-0.25, -0.2) is 4.79 Å². The molecule has 1 aliphatic rings. The Balaban J connectivity index is 1.82. The number of amides is 2. The van der Waals surface area contributed by atoms with Crippen LogP contribution in [0.3, 0.4) is 0 Å². The Morgan fingerprint density at radius 3 is 2.52 bits per heavy atom. The standard InChI is InChI=1S/C15H22N2O3S/c1-11-8-21-9-12(11)7-16-14(20)17-10-15(13(18)19)5-3-2-4-6-15/h8-9H,2-7,10H2,1H3,(H,18,19)(H2,16,17,20). The minimum absolute atomic E-state index is 0.205. The van der Waals surface area contributed by atoms with Crippen molar-refractivity contribution in [2.45, 2.75) is 45.6 Å². The van der Waals surface area contributed by atoms with Gasteiger partial charge >= 0.3 is 12.0 Å². The first-order valence-electron chi connectivity index (χ1n) is 7.30. The fourth-order valence-corrected chi connectivity index (χ4v) is 3.61. The van der Waals surface area contributed by atoms with Crippen molar-refractivity contribution < 1.29 is 14.7 Å². The molecule has 0 spiro atoms. The predicted molar refractivity (Wildman–Crippen MR) is 82.4 cm³/mol. The van der Waals surface area contributed by atoms with E-state index in [2.05, 4.69) is 10.6 Å². The summed E-state index contributed by atoms with van der Waals surface area (Å²) in [5.74, 6) is -0.795. The van der Waals surface area contributed by atoms with Crippen LogP contribution in [-0.2, 0) is 11.3 Å². The average molecular weight is 310 g/mol. The highest BCUT2D eigenvalue weighted by molar-refractivity contribution is 7.08. The van der Waals surface area contributed by atoms with Crippen LogP contribution in [0.15, 0.2) is 10.8 Å². The summed E-state index contributed by atoms with van der Waals surface area (Å²) in [6, 6.07) is -0.299. The molecule has 0 radical (unpaired) electrons. The first kappa shape index (κ1) is 15.8. The number of aliphatic carboxylic acids is 1. The van der Waals surface area contributed by atoms with Crippen LogP contribution in [0.25, 0.3) is 0 Å². The highest BCUT2D eigenvalue weighted by Gasteiger charge is 2.39. The third kappa shape index (κ3) is 3.97. The summed E-state index contributed by atoms with van der Waals surface area (Å²) in [5.41, 5.74) is 1.48. The van der Waals surface area contributed by atoms with Crippen molar-refractivity contribution in [1.82, 2.24) is 10.6 Å². The lowest BCUT2D eigenvalue weighted by Crippen LogP contribution is -2.47. The van der Waals surface area contributed by atoms with E-state index in [0.717, 1.165) is 30.4 Å². The number of hydrogen-bond acceptors (Lipinski definition) is 3. The van der Waals surface area contributed by atoms with Gasteiger partial charge < -0.3 is 15.7 Å². The van der Waals surface area contributed by atoms with Gasteiger partial charge in [0.15, 0.2) is 0 Å². The maximum atomic E-state index is 11.8. The number of hydrogen-bond donors (Lipinski definition) is 3. The van der Waals surface area contributed by atoms with Crippen molar-refractivity contribution in [2.75, 3.05) is 6.54 Å². The van der Waals surface area contributed by atoms with Crippen molar-refractivity contribution in [3.05, 3.63) is 21.9 Å². The van der Waals surface area contributed by atoms with E-state index >= 15 is 0 Å². The lowest BCUT2D eigenvalue weighted by Gasteiger charge is -2.33. The van der Waals surface area contributed by atoms with Crippen LogP contribution in [0, 0.1) is 12.3 Å². The van der Waals surface area contributed by atoms with Gasteiger partial charge in [-0.05, 0) is 41.7 Å². The number of carboxylic acids is 1. The molecule has 0 saturated heterocycles. The Bertz CT molecular complexity index is 507. The summed E-state index contributed by atoms with van der Waals surface area (Å²) in [6.07, 6.45) is 4.21. The molecule has 3 N–H and O–H groups in total. The van der Waals surface area contributed by atoms with E-state index in [1.807, 2.05) is 17.7 Å². The summed E-state index contributed by atoms with van der Waals surface area (Å²) in [4.78, 5) is 23.4. The zero-order valence-corrected chi connectivity index (χ0v) is 13.1. The number of carbonyl (C=O) groups is 2. The third-order valence-electron chi connectivity index (χ3n) is 4.25. The molecular weight excluding hydrogens is 288 g/mol. The minimum Gasteiger partial charge on any atom is -0.481 e. The second kappa shape index (κ2) is 6.93. The number of urea groups is 1. The predicted octanol–water partition coefficient (Wildman–Crippen LogP) is 2.89. The number of carbonyl (C=O) groups excluding carboxylic acids is 1. The molecule has 116 valence electrons. The highest BCUT2D eigenvalue weighted by Crippen LogP contribution is 2.35. The van der Waals surface area contributed by atoms with Crippen molar-refractivity contribution in [1.29, 1.82) is 0 Å². The number of aryl methyl sites for hydroxylation is 1. The largest absolute Gasteiger partial charge is 0.481 e. The van der Waals surface area contributed by atoms with Gasteiger partial charge in [0.1, 0.15) is 0 Å². The van der Waals surface area contributed by atoms with Gasteiger partial charge in [0, 0.05) is 13.1 Å². The van der Waals surface area contributed by atoms with Crippen molar-refractivity contribution >= 4 is 23.3 Å². The maximum Gasteiger partial charge on any atom is 0.315 e. The van der Waals surface area contributed by atoms with Crippen LogP contribution < -0.4 is 10.6 Å². The molecule has 1 fully saturated rings. The lowest BCUT2D eigenvalue weighted by molar-refractivity contribution is -0.150. The smallest absolute Gasteiger partial charge is 0.315 e. The third-order valence-corrected chi connectivity index (χ3v) is 5.16. The van der Waals surface area contributed by atoms with Gasteiger partial charge in [-0.3, -0.25) is 4.79 Å². The van der Waals surface area contributed by atoms with Crippen molar-refractivity contribution in [2.24, 2.45) is 5.41 Å². The maximum absolute atomic E-state index is 11.8. The second-order valence-electron chi connectivity index (χ2n) is 5.76. The molecule has 0 unspecified atom stereocenters. The molecule has 21 heavy (non-hydrogen) atoms. The number of carboxylic acid groups (broad SMARTS) is 1. The van der Waals surface area contributed by atoms with E-state index in [1.165, 1.54) is 0 Å². The average Bonchev–Trinajstić information content (AvgIpc) is 2.89. The monoisotopic (exact) mass is 310 g/mol. The Morgan fingerprint density at radius 1 is 1.24 bits per heavy atom. The fourth-order valence-electron chi connectivity index (χ4n) is 2.75. The molecule has 1 heterocycles. The van der Waals surface area contributed by atoms with E-state index in [4.69, 9.17) is 0 Å². The Hall–Kier alpha value is -1.56. The van der Waals surface area contributed by atoms with Crippen molar-refractivity contribution in [3.8, 4) is 0 Å². The lowest BCUT2D eigenvalue weighted by atomic mass is 9.74. The minimum atomic E-state index is -0.795. The van der Waals surface area contributed by atoms with Gasteiger partial charge in [0.05, 0.1) is 5.41 Å². The van der Waals surface area contributed by atoms with Crippen LogP contribution in [-0.4, -0.2) is 23.7 Å². The van der Waals surface area contributed by atoms with Gasteiger partial charge in [-0.2, -0.15) is 11.3 Å². The Kier molecular flexibility index (Phi) is 5.22. The molecule has 0 atom stereocenters. The van der Waals surface area contributed by atoms with Crippen molar-refractivity contribution in [3.63, 3.8) is 0 Å². The SMILES string of the molecule is Cc1cscc1CNC(=O)NCC1(C(=O)O)CCCCC1. The first-order valence-corrected chi connectivity index (χ1v) is 8.24. The summed E-state index contributed by atoms with van der Waals surface area (Å²) in [6.45, 7) is 2.69. The molecule has 1 aromatic rings. The summed E-state index contributed by atoms with van der Waals surface area (Å²) in [5, 5.41) is 19.0. The number of nitrogens with one attached hydrogen (secondary N) is 2. The van der Waals surface area contributed by atoms with E-state index in [0.29, 0.717) is 19.4 Å². The zero-order valence-electron chi connectivity index (χ0n) is 12.3. The van der Waals surface area contributed by atoms with Gasteiger partial charge in [0.2, 0.25) is 0 Å². The van der Waals surface area contributed by atoms with E-state index in [9.17, 15) is 14.7 Å². The molecule has 0 bridgehead atoms. The van der Waals surface area contributed by atoms with Crippen LogP contribution in [0.4, 0.5) is 4.79 Å². The first-order chi connectivity index (χ1) is 10.0. The molecule has 1 saturated carbocycles. The molecule has 2 amide bonds. The van der Waals surface area contributed by atoms with Gasteiger partial charge in [-0.1, -0.05) is 19.3 Å². The van der Waals surface area contributed by atoms with Crippen LogP contribution in [0.2, 0.25) is 0 Å². The Labute approximate surface area is 128 Å². The molecule has 1 aliphatic carbocycles. The molecule has 6 heteroatoms. The quantitative estimate of drug-likeness (QED) is 0.782. The van der Waals surface area contributed by atoms with E-state index in [1.54, 1.807) is 11.3 Å². The molecule has 0 aliphatic heterocycles. The number of thiophene rings is 1. The molecular formula is C15H22N2O3S. The summed E-state index contributed by atoms with van der Waals surface area (Å²) >= 11 is 1.61. The van der Waals surface area contributed by atoms with Crippen LogP contribution in [0.1, 0.15) is 43.2 Å². The van der Waals surface area contributed by atoms with E-state index in [-0.39, 0.29) is 12.6 Å². The fraction of sp³-hybridized carbons (Fsp3) is 0.600.